The van der Waals surface area contributed by atoms with Gasteiger partial charge < -0.3 is 9.88 Å². The number of benzene rings is 2. The molecule has 0 radical (unpaired) electrons. The topological polar surface area (TPSA) is 74.0 Å². The molecule has 1 aromatic heterocycles. The Bertz CT molecular complexity index is 1240. The highest BCUT2D eigenvalue weighted by atomic mass is 16.1. The lowest BCUT2D eigenvalue weighted by molar-refractivity contribution is 0.0923. The molecule has 1 aliphatic carbocycles. The van der Waals surface area contributed by atoms with E-state index in [1.54, 1.807) is 24.3 Å². The fourth-order valence-electron chi connectivity index (χ4n) is 5.87. The van der Waals surface area contributed by atoms with Gasteiger partial charge in [-0.05, 0) is 61.4 Å². The molecular formula is C28H31N5O. The average molecular weight is 454 g/mol. The largest absolute Gasteiger partial charge is 0.327 e. The number of nitriles is 1. The van der Waals surface area contributed by atoms with Crippen molar-refractivity contribution in [3.05, 3.63) is 65.0 Å². The lowest BCUT2D eigenvalue weighted by Crippen LogP contribution is -2.43. The minimum atomic E-state index is -0.157. The maximum absolute atomic E-state index is 12.9. The van der Waals surface area contributed by atoms with Crippen LogP contribution >= 0.6 is 0 Å². The van der Waals surface area contributed by atoms with Crippen molar-refractivity contribution in [2.75, 3.05) is 19.6 Å². The number of nitrogens with zero attached hydrogens (tertiary/aromatic N) is 4. The molecule has 174 valence electrons. The highest BCUT2D eigenvalue weighted by Crippen LogP contribution is 2.31. The minimum Gasteiger partial charge on any atom is -0.327 e. The van der Waals surface area contributed by atoms with Crippen molar-refractivity contribution < 1.29 is 4.79 Å². The molecule has 2 aliphatic heterocycles. The third-order valence-electron chi connectivity index (χ3n) is 8.18. The number of carbonyl (C=O) groups is 1. The number of carbonyl (C=O) groups excluding carboxylic acids is 1. The van der Waals surface area contributed by atoms with E-state index in [2.05, 4.69) is 39.1 Å². The molecule has 1 N–H and O–H groups in total. The highest BCUT2D eigenvalue weighted by molar-refractivity contribution is 6.00. The summed E-state index contributed by atoms with van der Waals surface area (Å²) in [5, 5.41) is 12.4. The first-order chi connectivity index (χ1) is 16.7. The Morgan fingerprint density at radius 1 is 1.03 bits per heavy atom. The predicted octanol–water partition coefficient (Wildman–Crippen LogP) is 4.04. The summed E-state index contributed by atoms with van der Waals surface area (Å²) in [7, 11) is 0. The molecule has 3 aliphatic rings. The van der Waals surface area contributed by atoms with Crippen LogP contribution in [0.4, 0.5) is 0 Å². The van der Waals surface area contributed by atoms with Gasteiger partial charge in [0.15, 0.2) is 5.78 Å². The molecule has 1 saturated heterocycles. The van der Waals surface area contributed by atoms with Crippen LogP contribution in [0.1, 0.15) is 65.3 Å². The molecule has 2 atom stereocenters. The fourth-order valence-corrected chi connectivity index (χ4v) is 5.87. The molecular weight excluding hydrogens is 422 g/mol. The third kappa shape index (κ3) is 3.93. The van der Waals surface area contributed by atoms with E-state index in [0.29, 0.717) is 17.0 Å². The van der Waals surface area contributed by atoms with Gasteiger partial charge in [0.05, 0.1) is 28.7 Å². The second-order valence-corrected chi connectivity index (χ2v) is 10.1. The standard InChI is InChI=1S/C28H31N5O/c29-17-19-4-6-20(7-5-19)28(34)24-10-8-22(18-30-24)21-9-11-26-25(16-21)31-27-12-13-32(14-15-33(26)27)23-2-1-3-23/h4-7,9,11,16,22-24,30H,1-3,8,10,12-15,18H2. The Hall–Kier alpha value is -3.01. The number of imidazole rings is 1. The number of piperidine rings is 1. The molecule has 0 bridgehead atoms. The van der Waals surface area contributed by atoms with Crippen LogP contribution in [0.15, 0.2) is 42.5 Å². The van der Waals surface area contributed by atoms with Crippen LogP contribution in [0.25, 0.3) is 11.0 Å². The lowest BCUT2D eigenvalue weighted by atomic mass is 9.86. The second-order valence-electron chi connectivity index (χ2n) is 10.1. The van der Waals surface area contributed by atoms with E-state index in [1.165, 1.54) is 36.2 Å². The van der Waals surface area contributed by atoms with E-state index < -0.39 is 0 Å². The predicted molar refractivity (Wildman–Crippen MR) is 132 cm³/mol. The second kappa shape index (κ2) is 8.98. The van der Waals surface area contributed by atoms with Gasteiger partial charge in [-0.2, -0.15) is 5.26 Å². The lowest BCUT2D eigenvalue weighted by Gasteiger charge is -2.36. The summed E-state index contributed by atoms with van der Waals surface area (Å²) < 4.78 is 2.43. The number of ketones is 1. The van der Waals surface area contributed by atoms with E-state index in [-0.39, 0.29) is 11.8 Å². The molecule has 2 fully saturated rings. The first kappa shape index (κ1) is 21.5. The van der Waals surface area contributed by atoms with Crippen LogP contribution in [-0.4, -0.2) is 52.0 Å². The van der Waals surface area contributed by atoms with Gasteiger partial charge in [-0.3, -0.25) is 9.69 Å². The number of aromatic nitrogens is 2. The van der Waals surface area contributed by atoms with Gasteiger partial charge in [-0.15, -0.1) is 0 Å². The van der Waals surface area contributed by atoms with Crippen LogP contribution < -0.4 is 5.32 Å². The van der Waals surface area contributed by atoms with Gasteiger partial charge in [-0.1, -0.05) is 24.6 Å². The molecule has 34 heavy (non-hydrogen) atoms. The van der Waals surface area contributed by atoms with Crippen molar-refractivity contribution in [2.24, 2.45) is 0 Å². The monoisotopic (exact) mass is 453 g/mol. The van der Waals surface area contributed by atoms with Gasteiger partial charge in [-0.25, -0.2) is 4.98 Å². The van der Waals surface area contributed by atoms with Gasteiger partial charge in [0, 0.05) is 44.2 Å². The van der Waals surface area contributed by atoms with E-state index in [4.69, 9.17) is 10.2 Å². The van der Waals surface area contributed by atoms with Crippen molar-refractivity contribution >= 4 is 16.8 Å². The minimum absolute atomic E-state index is 0.118. The zero-order valence-electron chi connectivity index (χ0n) is 19.5. The molecule has 3 heterocycles. The molecule has 3 aromatic rings. The van der Waals surface area contributed by atoms with E-state index >= 15 is 0 Å². The number of hydrogen-bond donors (Lipinski definition) is 1. The molecule has 6 nitrogen and oxygen atoms in total. The Kier molecular flexibility index (Phi) is 5.68. The number of Topliss-reactive ketones (excluding diaryl/α,β-unsaturated/α-hetero) is 1. The number of nitrogens with one attached hydrogen (secondary N) is 1. The van der Waals surface area contributed by atoms with Crippen molar-refractivity contribution in [1.82, 2.24) is 19.8 Å². The van der Waals surface area contributed by atoms with Crippen LogP contribution in [0.2, 0.25) is 0 Å². The third-order valence-corrected chi connectivity index (χ3v) is 8.18. The summed E-state index contributed by atoms with van der Waals surface area (Å²) in [6.07, 6.45) is 6.94. The molecule has 2 aromatic carbocycles. The summed E-state index contributed by atoms with van der Waals surface area (Å²) >= 11 is 0. The van der Waals surface area contributed by atoms with Crippen molar-refractivity contribution in [1.29, 1.82) is 5.26 Å². The molecule has 0 amide bonds. The number of rotatable bonds is 4. The van der Waals surface area contributed by atoms with Gasteiger partial charge >= 0.3 is 0 Å². The summed E-state index contributed by atoms with van der Waals surface area (Å²) in [6.45, 7) is 4.09. The summed E-state index contributed by atoms with van der Waals surface area (Å²) in [6, 6.07) is 16.5. The van der Waals surface area contributed by atoms with Crippen LogP contribution in [0, 0.1) is 11.3 Å². The first-order valence-electron chi connectivity index (χ1n) is 12.7. The van der Waals surface area contributed by atoms with Crippen LogP contribution in [0.5, 0.6) is 0 Å². The molecule has 1 saturated carbocycles. The smallest absolute Gasteiger partial charge is 0.179 e. The summed E-state index contributed by atoms with van der Waals surface area (Å²) in [4.78, 5) is 20.6. The Morgan fingerprint density at radius 3 is 2.59 bits per heavy atom. The SMILES string of the molecule is N#Cc1ccc(C(=O)C2CCC(c3ccc4c(c3)nc3n4CCN(C4CCC4)CC3)CN2)cc1. The van der Waals surface area contributed by atoms with Crippen molar-refractivity contribution in [3.63, 3.8) is 0 Å². The molecule has 0 spiro atoms. The highest BCUT2D eigenvalue weighted by Gasteiger charge is 2.29. The fraction of sp³-hybridized carbons (Fsp3) is 0.464. The van der Waals surface area contributed by atoms with Crippen LogP contribution in [0.3, 0.4) is 0 Å². The zero-order chi connectivity index (χ0) is 23.1. The van der Waals surface area contributed by atoms with Gasteiger partial charge in [0.25, 0.3) is 0 Å². The molecule has 6 heteroatoms. The van der Waals surface area contributed by atoms with E-state index in [9.17, 15) is 4.79 Å². The average Bonchev–Trinajstić information content (AvgIpc) is 3.08. The Labute approximate surface area is 200 Å². The quantitative estimate of drug-likeness (QED) is 0.604. The van der Waals surface area contributed by atoms with E-state index in [0.717, 1.165) is 57.0 Å². The maximum atomic E-state index is 12.9. The molecule has 2 unspecified atom stereocenters. The first-order valence-corrected chi connectivity index (χ1v) is 12.7. The zero-order valence-corrected chi connectivity index (χ0v) is 19.5. The van der Waals surface area contributed by atoms with Gasteiger partial charge in [0.1, 0.15) is 5.82 Å². The van der Waals surface area contributed by atoms with E-state index in [1.807, 2.05) is 0 Å². The summed E-state index contributed by atoms with van der Waals surface area (Å²) in [5.74, 6) is 1.74. The maximum Gasteiger partial charge on any atom is 0.179 e. The molecule has 6 rings (SSSR count). The van der Waals surface area contributed by atoms with Crippen molar-refractivity contribution in [2.45, 2.75) is 63.1 Å². The van der Waals surface area contributed by atoms with Gasteiger partial charge in [0.2, 0.25) is 0 Å². The Balaban J connectivity index is 1.12. The summed E-state index contributed by atoms with van der Waals surface area (Å²) in [5.41, 5.74) is 4.93. The Morgan fingerprint density at radius 2 is 1.88 bits per heavy atom. The van der Waals surface area contributed by atoms with Crippen LogP contribution in [-0.2, 0) is 13.0 Å². The number of hydrogen-bond acceptors (Lipinski definition) is 5. The normalized spacial score (nSPS) is 23.6. The number of fused-ring (bicyclic) bond motifs is 3. The van der Waals surface area contributed by atoms with Crippen molar-refractivity contribution in [3.8, 4) is 6.07 Å².